The van der Waals surface area contributed by atoms with Crippen LogP contribution in [0.3, 0.4) is 0 Å². The summed E-state index contributed by atoms with van der Waals surface area (Å²) in [5, 5.41) is 9.83. The molecule has 0 bridgehead atoms. The minimum atomic E-state index is -0.235. The molecule has 2 heterocycles. The second-order valence-corrected chi connectivity index (χ2v) is 6.43. The lowest BCUT2D eigenvalue weighted by atomic mass is 10.1. The van der Waals surface area contributed by atoms with Crippen LogP contribution in [0.25, 0.3) is 11.1 Å². The molecule has 0 fully saturated rings. The van der Waals surface area contributed by atoms with Crippen molar-refractivity contribution in [1.29, 1.82) is 0 Å². The van der Waals surface area contributed by atoms with Gasteiger partial charge in [0.1, 0.15) is 0 Å². The van der Waals surface area contributed by atoms with Crippen LogP contribution >= 0.6 is 11.3 Å². The molecule has 0 aromatic carbocycles. The minimum absolute atomic E-state index is 0.168. The van der Waals surface area contributed by atoms with Gasteiger partial charge in [0, 0.05) is 30.0 Å². The molecular formula is C15H19N3OS. The summed E-state index contributed by atoms with van der Waals surface area (Å²) in [7, 11) is 0. The molecule has 2 amide bonds. The highest BCUT2D eigenvalue weighted by molar-refractivity contribution is 7.08. The van der Waals surface area contributed by atoms with E-state index in [1.165, 1.54) is 0 Å². The van der Waals surface area contributed by atoms with Crippen LogP contribution in [0.4, 0.5) is 4.79 Å². The molecule has 2 aromatic heterocycles. The van der Waals surface area contributed by atoms with Crippen LogP contribution in [0.15, 0.2) is 35.3 Å². The van der Waals surface area contributed by atoms with E-state index in [2.05, 4.69) is 27.1 Å². The third-order valence-electron chi connectivity index (χ3n) is 2.59. The number of aromatic nitrogens is 1. The highest BCUT2D eigenvalue weighted by atomic mass is 32.1. The maximum Gasteiger partial charge on any atom is 0.315 e. The summed E-state index contributed by atoms with van der Waals surface area (Å²) in [6.45, 7) is 6.31. The van der Waals surface area contributed by atoms with Gasteiger partial charge in [0.25, 0.3) is 0 Å². The van der Waals surface area contributed by atoms with Crippen molar-refractivity contribution >= 4 is 17.4 Å². The number of rotatable bonds is 3. The molecule has 2 N–H and O–H groups in total. The second kappa shape index (κ2) is 6.05. The lowest BCUT2D eigenvalue weighted by Gasteiger charge is -2.20. The number of amides is 2. The zero-order valence-electron chi connectivity index (χ0n) is 11.9. The number of carbonyl (C=O) groups is 1. The van der Waals surface area contributed by atoms with Crippen molar-refractivity contribution in [3.8, 4) is 11.1 Å². The Morgan fingerprint density at radius 1 is 1.30 bits per heavy atom. The number of nitrogens with one attached hydrogen (secondary N) is 2. The first-order valence-corrected chi connectivity index (χ1v) is 7.41. The van der Waals surface area contributed by atoms with Gasteiger partial charge in [-0.25, -0.2) is 4.79 Å². The Hall–Kier alpha value is -1.88. The number of urea groups is 1. The maximum atomic E-state index is 11.7. The first-order valence-electron chi connectivity index (χ1n) is 6.46. The molecule has 0 unspecified atom stereocenters. The van der Waals surface area contributed by atoms with Gasteiger partial charge < -0.3 is 10.6 Å². The summed E-state index contributed by atoms with van der Waals surface area (Å²) in [5.74, 6) is 0. The molecule has 4 nitrogen and oxygen atoms in total. The summed E-state index contributed by atoms with van der Waals surface area (Å²) >= 11 is 1.66. The fourth-order valence-corrected chi connectivity index (χ4v) is 2.40. The molecule has 0 radical (unpaired) electrons. The van der Waals surface area contributed by atoms with Crippen molar-refractivity contribution in [1.82, 2.24) is 15.6 Å². The minimum Gasteiger partial charge on any atom is -0.334 e. The van der Waals surface area contributed by atoms with E-state index in [4.69, 9.17) is 0 Å². The first-order chi connectivity index (χ1) is 9.44. The molecule has 0 aliphatic heterocycles. The van der Waals surface area contributed by atoms with Gasteiger partial charge in [-0.1, -0.05) is 0 Å². The molecule has 0 spiro atoms. The highest BCUT2D eigenvalue weighted by Crippen LogP contribution is 2.21. The Morgan fingerprint density at radius 2 is 2.10 bits per heavy atom. The van der Waals surface area contributed by atoms with Gasteiger partial charge in [0.05, 0.1) is 0 Å². The normalized spacial score (nSPS) is 11.2. The molecule has 2 aromatic rings. The van der Waals surface area contributed by atoms with Gasteiger partial charge in [0.2, 0.25) is 0 Å². The third kappa shape index (κ3) is 4.35. The smallest absolute Gasteiger partial charge is 0.315 e. The molecule has 106 valence electrons. The zero-order valence-corrected chi connectivity index (χ0v) is 12.8. The Kier molecular flexibility index (Phi) is 4.39. The average molecular weight is 289 g/mol. The summed E-state index contributed by atoms with van der Waals surface area (Å²) in [6.07, 6.45) is 3.61. The zero-order chi connectivity index (χ0) is 14.6. The topological polar surface area (TPSA) is 54.0 Å². The van der Waals surface area contributed by atoms with Gasteiger partial charge in [-0.2, -0.15) is 11.3 Å². The van der Waals surface area contributed by atoms with Crippen molar-refractivity contribution in [2.24, 2.45) is 0 Å². The lowest BCUT2D eigenvalue weighted by molar-refractivity contribution is 0.231. The molecule has 2 rings (SSSR count). The van der Waals surface area contributed by atoms with Gasteiger partial charge in [-0.15, -0.1) is 0 Å². The van der Waals surface area contributed by atoms with Crippen LogP contribution in [0.5, 0.6) is 0 Å². The molecule has 20 heavy (non-hydrogen) atoms. The van der Waals surface area contributed by atoms with Crippen LogP contribution in [0, 0.1) is 0 Å². The standard InChI is InChI=1S/C15H19N3OS/c1-15(2,3)18-14(19)17-8-11-6-13(9-16-7-11)12-4-5-20-10-12/h4-7,9-10H,8H2,1-3H3,(H2,17,18,19). The fourth-order valence-electron chi connectivity index (χ4n) is 1.74. The predicted octanol–water partition coefficient (Wildman–Crippen LogP) is 3.41. The highest BCUT2D eigenvalue weighted by Gasteiger charge is 2.13. The number of hydrogen-bond acceptors (Lipinski definition) is 3. The summed E-state index contributed by atoms with van der Waals surface area (Å²) in [5.41, 5.74) is 2.98. The van der Waals surface area contributed by atoms with E-state index in [-0.39, 0.29) is 11.6 Å². The summed E-state index contributed by atoms with van der Waals surface area (Å²) in [6, 6.07) is 3.94. The molecule has 0 aliphatic rings. The molecular weight excluding hydrogens is 270 g/mol. The van der Waals surface area contributed by atoms with Gasteiger partial charge in [0.15, 0.2) is 0 Å². The van der Waals surface area contributed by atoms with Crippen molar-refractivity contribution in [2.45, 2.75) is 32.9 Å². The van der Waals surface area contributed by atoms with E-state index in [1.807, 2.05) is 38.4 Å². The van der Waals surface area contributed by atoms with E-state index in [0.717, 1.165) is 16.7 Å². The maximum absolute atomic E-state index is 11.7. The molecule has 0 saturated heterocycles. The second-order valence-electron chi connectivity index (χ2n) is 5.65. The Morgan fingerprint density at radius 3 is 2.75 bits per heavy atom. The SMILES string of the molecule is CC(C)(C)NC(=O)NCc1cncc(-c2ccsc2)c1. The molecule has 0 aliphatic carbocycles. The van der Waals surface area contributed by atoms with E-state index in [9.17, 15) is 4.79 Å². The molecule has 0 saturated carbocycles. The average Bonchev–Trinajstić information content (AvgIpc) is 2.88. The van der Waals surface area contributed by atoms with Crippen molar-refractivity contribution in [3.63, 3.8) is 0 Å². The summed E-state index contributed by atoms with van der Waals surface area (Å²) < 4.78 is 0. The first kappa shape index (κ1) is 14.5. The van der Waals surface area contributed by atoms with E-state index in [0.29, 0.717) is 6.54 Å². The number of hydrogen-bond donors (Lipinski definition) is 2. The number of carbonyl (C=O) groups excluding carboxylic acids is 1. The number of thiophene rings is 1. The molecule has 0 atom stereocenters. The molecule has 5 heteroatoms. The van der Waals surface area contributed by atoms with Crippen molar-refractivity contribution in [3.05, 3.63) is 40.8 Å². The number of nitrogens with zero attached hydrogens (tertiary/aromatic N) is 1. The van der Waals surface area contributed by atoms with Crippen molar-refractivity contribution in [2.75, 3.05) is 0 Å². The summed E-state index contributed by atoms with van der Waals surface area (Å²) in [4.78, 5) is 15.9. The van der Waals surface area contributed by atoms with Crippen LogP contribution in [-0.2, 0) is 6.54 Å². The van der Waals surface area contributed by atoms with E-state index < -0.39 is 0 Å². The van der Waals surface area contributed by atoms with E-state index in [1.54, 1.807) is 17.5 Å². The Balaban J connectivity index is 1.97. The largest absolute Gasteiger partial charge is 0.334 e. The fraction of sp³-hybridized carbons (Fsp3) is 0.333. The number of pyridine rings is 1. The van der Waals surface area contributed by atoms with Crippen LogP contribution < -0.4 is 10.6 Å². The van der Waals surface area contributed by atoms with Gasteiger partial charge in [-0.05, 0) is 54.8 Å². The monoisotopic (exact) mass is 289 g/mol. The Bertz CT molecular complexity index is 573. The van der Waals surface area contributed by atoms with Crippen LogP contribution in [0.2, 0.25) is 0 Å². The lowest BCUT2D eigenvalue weighted by Crippen LogP contribution is -2.46. The van der Waals surface area contributed by atoms with Crippen LogP contribution in [0.1, 0.15) is 26.3 Å². The van der Waals surface area contributed by atoms with Crippen LogP contribution in [-0.4, -0.2) is 16.6 Å². The Labute approximate surface area is 123 Å². The van der Waals surface area contributed by atoms with Gasteiger partial charge in [-0.3, -0.25) is 4.98 Å². The van der Waals surface area contributed by atoms with E-state index >= 15 is 0 Å². The quantitative estimate of drug-likeness (QED) is 0.909. The third-order valence-corrected chi connectivity index (χ3v) is 3.27. The van der Waals surface area contributed by atoms with Crippen molar-refractivity contribution < 1.29 is 4.79 Å². The predicted molar refractivity (Wildman–Crippen MR) is 82.7 cm³/mol. The van der Waals surface area contributed by atoms with Gasteiger partial charge >= 0.3 is 6.03 Å².